The third-order valence-electron chi connectivity index (χ3n) is 1.93. The lowest BCUT2D eigenvalue weighted by molar-refractivity contribution is 0.318. The monoisotopic (exact) mass is 250 g/mol. The number of aryl methyl sites for hydroxylation is 1. The normalized spacial score (nSPS) is 11.7. The molecule has 88 valence electrons. The van der Waals surface area contributed by atoms with Gasteiger partial charge in [-0.1, -0.05) is 5.16 Å². The molecule has 6 nitrogen and oxygen atoms in total. The Hall–Kier alpha value is -2.02. The molecule has 3 N–H and O–H groups in total. The fourth-order valence-corrected chi connectivity index (χ4v) is 1.82. The summed E-state index contributed by atoms with van der Waals surface area (Å²) in [7, 11) is 0. The number of hydrogen-bond donors (Lipinski definition) is 2. The van der Waals surface area contributed by atoms with Gasteiger partial charge in [-0.15, -0.1) is 0 Å². The highest BCUT2D eigenvalue weighted by Gasteiger charge is 2.06. The molecule has 2 heterocycles. The molecule has 2 rings (SSSR count). The van der Waals surface area contributed by atoms with E-state index in [9.17, 15) is 0 Å². The molecule has 0 unspecified atom stereocenters. The highest BCUT2D eigenvalue weighted by Crippen LogP contribution is 2.24. The van der Waals surface area contributed by atoms with Crippen molar-refractivity contribution in [2.45, 2.75) is 17.2 Å². The number of amidine groups is 1. The first-order valence-electron chi connectivity index (χ1n) is 4.73. The molecule has 0 bridgehead atoms. The number of hydrogen-bond acceptors (Lipinski definition) is 6. The van der Waals surface area contributed by atoms with E-state index in [1.807, 2.05) is 6.92 Å². The predicted octanol–water partition coefficient (Wildman–Crippen LogP) is 1.62. The number of oxime groups is 1. The van der Waals surface area contributed by atoms with Crippen LogP contribution in [0.4, 0.5) is 0 Å². The quantitative estimate of drug-likeness (QED) is 0.372. The average molecular weight is 250 g/mol. The molecule has 0 amide bonds. The van der Waals surface area contributed by atoms with Crippen molar-refractivity contribution in [3.8, 4) is 0 Å². The van der Waals surface area contributed by atoms with Crippen LogP contribution in [0.25, 0.3) is 0 Å². The van der Waals surface area contributed by atoms with Crippen LogP contribution in [-0.2, 0) is 0 Å². The lowest BCUT2D eigenvalue weighted by Gasteiger charge is -1.99. The van der Waals surface area contributed by atoms with E-state index >= 15 is 0 Å². The van der Waals surface area contributed by atoms with E-state index in [4.69, 9.17) is 15.4 Å². The van der Waals surface area contributed by atoms with Crippen molar-refractivity contribution in [3.63, 3.8) is 0 Å². The Kier molecular flexibility index (Phi) is 3.29. The lowest BCUT2D eigenvalue weighted by Crippen LogP contribution is -2.13. The SMILES string of the molecule is Cc1coc(Sc2ccc(/C(N)=N/O)cn2)n1. The van der Waals surface area contributed by atoms with Crippen molar-refractivity contribution in [1.82, 2.24) is 9.97 Å². The number of oxazole rings is 1. The molecule has 0 saturated heterocycles. The second-order valence-corrected chi connectivity index (χ2v) is 4.20. The topological polar surface area (TPSA) is 97.5 Å². The molecule has 0 spiro atoms. The number of aromatic nitrogens is 2. The largest absolute Gasteiger partial charge is 0.439 e. The van der Waals surface area contributed by atoms with Crippen LogP contribution in [0.15, 0.2) is 44.4 Å². The maximum atomic E-state index is 8.50. The Balaban J connectivity index is 2.13. The Labute approximate surface area is 102 Å². The minimum absolute atomic E-state index is 0.0287. The van der Waals surface area contributed by atoms with Gasteiger partial charge < -0.3 is 15.4 Å². The number of rotatable bonds is 3. The van der Waals surface area contributed by atoms with Crippen molar-refractivity contribution in [1.29, 1.82) is 0 Å². The number of nitrogens with zero attached hydrogens (tertiary/aromatic N) is 3. The number of nitrogens with two attached hydrogens (primary N) is 1. The van der Waals surface area contributed by atoms with Crippen molar-refractivity contribution in [2.24, 2.45) is 10.9 Å². The summed E-state index contributed by atoms with van der Waals surface area (Å²) in [5.41, 5.74) is 6.80. The molecule has 7 heteroatoms. The summed E-state index contributed by atoms with van der Waals surface area (Å²) in [6, 6.07) is 3.46. The molecule has 0 saturated carbocycles. The van der Waals surface area contributed by atoms with Gasteiger partial charge in [0.15, 0.2) is 5.84 Å². The van der Waals surface area contributed by atoms with Gasteiger partial charge in [0.2, 0.25) is 0 Å². The molecular weight excluding hydrogens is 240 g/mol. The van der Waals surface area contributed by atoms with Gasteiger partial charge in [-0.25, -0.2) is 9.97 Å². The van der Waals surface area contributed by atoms with Gasteiger partial charge >= 0.3 is 0 Å². The van der Waals surface area contributed by atoms with Crippen LogP contribution in [0.2, 0.25) is 0 Å². The van der Waals surface area contributed by atoms with Crippen molar-refractivity contribution in [2.75, 3.05) is 0 Å². The van der Waals surface area contributed by atoms with Gasteiger partial charge in [0.1, 0.15) is 11.3 Å². The zero-order valence-corrected chi connectivity index (χ0v) is 9.81. The van der Waals surface area contributed by atoms with Crippen molar-refractivity contribution < 1.29 is 9.62 Å². The minimum Gasteiger partial charge on any atom is -0.439 e. The van der Waals surface area contributed by atoms with E-state index in [-0.39, 0.29) is 5.84 Å². The van der Waals surface area contributed by atoms with Gasteiger partial charge in [-0.05, 0) is 30.8 Å². The Morgan fingerprint density at radius 1 is 1.53 bits per heavy atom. The van der Waals surface area contributed by atoms with Crippen LogP contribution in [0.3, 0.4) is 0 Å². The Morgan fingerprint density at radius 3 is 2.88 bits per heavy atom. The molecule has 17 heavy (non-hydrogen) atoms. The van der Waals surface area contributed by atoms with Crippen molar-refractivity contribution in [3.05, 3.63) is 35.9 Å². The summed E-state index contributed by atoms with van der Waals surface area (Å²) in [4.78, 5) is 8.29. The van der Waals surface area contributed by atoms with Crippen LogP contribution < -0.4 is 5.73 Å². The first kappa shape index (κ1) is 11.5. The van der Waals surface area contributed by atoms with Gasteiger partial charge in [0.05, 0.1) is 5.69 Å². The van der Waals surface area contributed by atoms with Gasteiger partial charge in [0.25, 0.3) is 5.22 Å². The first-order valence-corrected chi connectivity index (χ1v) is 5.54. The van der Waals surface area contributed by atoms with Gasteiger partial charge in [0, 0.05) is 11.8 Å². The summed E-state index contributed by atoms with van der Waals surface area (Å²) in [6.45, 7) is 1.85. The summed E-state index contributed by atoms with van der Waals surface area (Å²) in [5, 5.41) is 12.7. The molecule has 0 aliphatic carbocycles. The molecule has 0 aliphatic heterocycles. The third-order valence-corrected chi connectivity index (χ3v) is 2.74. The van der Waals surface area contributed by atoms with Crippen LogP contribution in [0, 0.1) is 6.92 Å². The summed E-state index contributed by atoms with van der Waals surface area (Å²) < 4.78 is 5.19. The Morgan fingerprint density at radius 2 is 2.35 bits per heavy atom. The van der Waals surface area contributed by atoms with Gasteiger partial charge in [-0.3, -0.25) is 0 Å². The van der Waals surface area contributed by atoms with Crippen LogP contribution >= 0.6 is 11.8 Å². The minimum atomic E-state index is 0.0287. The van der Waals surface area contributed by atoms with E-state index in [2.05, 4.69) is 15.1 Å². The van der Waals surface area contributed by atoms with E-state index < -0.39 is 0 Å². The molecule has 0 aromatic carbocycles. The first-order chi connectivity index (χ1) is 8.19. The highest BCUT2D eigenvalue weighted by molar-refractivity contribution is 7.99. The van der Waals surface area contributed by atoms with E-state index in [1.165, 1.54) is 18.0 Å². The van der Waals surface area contributed by atoms with E-state index in [0.717, 1.165) is 10.7 Å². The molecule has 2 aromatic rings. The lowest BCUT2D eigenvalue weighted by atomic mass is 10.3. The second-order valence-electron chi connectivity index (χ2n) is 3.23. The van der Waals surface area contributed by atoms with Crippen LogP contribution in [0.5, 0.6) is 0 Å². The van der Waals surface area contributed by atoms with E-state index in [1.54, 1.807) is 18.4 Å². The third kappa shape index (κ3) is 2.76. The summed E-state index contributed by atoms with van der Waals surface area (Å²) >= 11 is 1.30. The smallest absolute Gasteiger partial charge is 0.262 e. The molecule has 0 atom stereocenters. The molecular formula is C10H10N4O2S. The predicted molar refractivity (Wildman–Crippen MR) is 62.1 cm³/mol. The zero-order chi connectivity index (χ0) is 12.3. The molecule has 0 fully saturated rings. The molecule has 2 aromatic heterocycles. The fraction of sp³-hybridized carbons (Fsp3) is 0.100. The molecule has 0 aliphatic rings. The highest BCUT2D eigenvalue weighted by atomic mass is 32.2. The fourth-order valence-electron chi connectivity index (χ4n) is 1.12. The maximum absolute atomic E-state index is 8.50. The van der Waals surface area contributed by atoms with Crippen LogP contribution in [-0.4, -0.2) is 21.0 Å². The average Bonchev–Trinajstić information content (AvgIpc) is 2.75. The molecule has 0 radical (unpaired) electrons. The van der Waals surface area contributed by atoms with E-state index in [0.29, 0.717) is 10.8 Å². The summed E-state index contributed by atoms with van der Waals surface area (Å²) in [6.07, 6.45) is 3.10. The van der Waals surface area contributed by atoms with Crippen LogP contribution in [0.1, 0.15) is 11.3 Å². The Bertz CT molecular complexity index is 535. The zero-order valence-electron chi connectivity index (χ0n) is 8.99. The number of pyridine rings is 1. The maximum Gasteiger partial charge on any atom is 0.262 e. The second kappa shape index (κ2) is 4.88. The standard InChI is InChI=1S/C10H10N4O2S/c1-6-5-16-10(13-6)17-8-3-2-7(4-12-8)9(11)14-15/h2-5,15H,1H3,(H2,11,14). The van der Waals surface area contributed by atoms with Crippen molar-refractivity contribution >= 4 is 17.6 Å². The summed E-state index contributed by atoms with van der Waals surface area (Å²) in [5.74, 6) is 0.0287. The van der Waals surface area contributed by atoms with Gasteiger partial charge in [-0.2, -0.15) is 0 Å².